The molecule has 1 saturated heterocycles. The Morgan fingerprint density at radius 1 is 1.29 bits per heavy atom. The number of benzene rings is 1. The molecular formula is C17H27N3O. The first kappa shape index (κ1) is 16.0. The van der Waals surface area contributed by atoms with Crippen molar-refractivity contribution < 1.29 is 4.79 Å². The van der Waals surface area contributed by atoms with Crippen LogP contribution in [0.5, 0.6) is 0 Å². The summed E-state index contributed by atoms with van der Waals surface area (Å²) in [5.74, 6) is 0.827. The SMILES string of the molecule is Cc1ccc(CNC(=O)CN(C)CC2CCNCC2)cc1. The van der Waals surface area contributed by atoms with Crippen molar-refractivity contribution in [2.45, 2.75) is 26.3 Å². The van der Waals surface area contributed by atoms with Crippen molar-refractivity contribution in [2.75, 3.05) is 33.2 Å². The van der Waals surface area contributed by atoms with E-state index in [0.29, 0.717) is 13.1 Å². The van der Waals surface area contributed by atoms with Gasteiger partial charge in [-0.1, -0.05) is 29.8 Å². The maximum atomic E-state index is 12.0. The molecule has 4 nitrogen and oxygen atoms in total. The van der Waals surface area contributed by atoms with Gasteiger partial charge in [-0.15, -0.1) is 0 Å². The van der Waals surface area contributed by atoms with Gasteiger partial charge in [0.2, 0.25) is 5.91 Å². The molecule has 116 valence electrons. The number of nitrogens with zero attached hydrogens (tertiary/aromatic N) is 1. The summed E-state index contributed by atoms with van der Waals surface area (Å²) in [7, 11) is 2.04. The summed E-state index contributed by atoms with van der Waals surface area (Å²) in [5.41, 5.74) is 2.39. The summed E-state index contributed by atoms with van der Waals surface area (Å²) in [6.07, 6.45) is 2.44. The quantitative estimate of drug-likeness (QED) is 0.835. The minimum atomic E-state index is 0.104. The predicted molar refractivity (Wildman–Crippen MR) is 86.1 cm³/mol. The van der Waals surface area contributed by atoms with Crippen LogP contribution in [0.2, 0.25) is 0 Å². The monoisotopic (exact) mass is 289 g/mol. The minimum absolute atomic E-state index is 0.104. The van der Waals surface area contributed by atoms with Gasteiger partial charge in [0.25, 0.3) is 0 Å². The van der Waals surface area contributed by atoms with Crippen LogP contribution in [-0.2, 0) is 11.3 Å². The average Bonchev–Trinajstić information content (AvgIpc) is 2.47. The number of rotatable bonds is 6. The first-order valence-electron chi connectivity index (χ1n) is 7.85. The first-order chi connectivity index (χ1) is 10.1. The second-order valence-corrected chi connectivity index (χ2v) is 6.15. The predicted octanol–water partition coefficient (Wildman–Crippen LogP) is 1.54. The molecular weight excluding hydrogens is 262 g/mol. The zero-order chi connectivity index (χ0) is 15.1. The van der Waals surface area contributed by atoms with Gasteiger partial charge in [-0.2, -0.15) is 0 Å². The molecule has 0 aliphatic carbocycles. The summed E-state index contributed by atoms with van der Waals surface area (Å²) >= 11 is 0. The fourth-order valence-corrected chi connectivity index (χ4v) is 2.78. The molecule has 21 heavy (non-hydrogen) atoms. The Morgan fingerprint density at radius 2 is 1.95 bits per heavy atom. The van der Waals surface area contributed by atoms with E-state index in [2.05, 4.69) is 46.7 Å². The van der Waals surface area contributed by atoms with Crippen molar-refractivity contribution >= 4 is 5.91 Å². The van der Waals surface area contributed by atoms with Crippen LogP contribution in [0.4, 0.5) is 0 Å². The van der Waals surface area contributed by atoms with E-state index in [4.69, 9.17) is 0 Å². The smallest absolute Gasteiger partial charge is 0.234 e. The zero-order valence-corrected chi connectivity index (χ0v) is 13.2. The Labute approximate surface area is 127 Å². The number of hydrogen-bond acceptors (Lipinski definition) is 3. The molecule has 4 heteroatoms. The lowest BCUT2D eigenvalue weighted by Gasteiger charge is -2.27. The summed E-state index contributed by atoms with van der Waals surface area (Å²) in [6.45, 7) is 6.39. The van der Waals surface area contributed by atoms with E-state index in [-0.39, 0.29) is 5.91 Å². The van der Waals surface area contributed by atoms with Crippen LogP contribution in [0, 0.1) is 12.8 Å². The Bertz CT molecular complexity index is 438. The molecule has 0 bridgehead atoms. The van der Waals surface area contributed by atoms with E-state index in [1.807, 2.05) is 7.05 Å². The van der Waals surface area contributed by atoms with Crippen molar-refractivity contribution in [2.24, 2.45) is 5.92 Å². The highest BCUT2D eigenvalue weighted by molar-refractivity contribution is 5.77. The van der Waals surface area contributed by atoms with Crippen LogP contribution >= 0.6 is 0 Å². The molecule has 1 amide bonds. The molecule has 0 atom stereocenters. The van der Waals surface area contributed by atoms with E-state index in [0.717, 1.165) is 31.1 Å². The van der Waals surface area contributed by atoms with Crippen LogP contribution in [0.25, 0.3) is 0 Å². The van der Waals surface area contributed by atoms with Gasteiger partial charge < -0.3 is 10.6 Å². The van der Waals surface area contributed by atoms with Crippen LogP contribution in [-0.4, -0.2) is 44.0 Å². The molecule has 0 unspecified atom stereocenters. The lowest BCUT2D eigenvalue weighted by Crippen LogP contribution is -2.39. The lowest BCUT2D eigenvalue weighted by atomic mass is 9.98. The van der Waals surface area contributed by atoms with Gasteiger partial charge in [-0.3, -0.25) is 9.69 Å². The third-order valence-electron chi connectivity index (χ3n) is 4.05. The Morgan fingerprint density at radius 3 is 2.62 bits per heavy atom. The van der Waals surface area contributed by atoms with E-state index in [1.54, 1.807) is 0 Å². The largest absolute Gasteiger partial charge is 0.351 e. The van der Waals surface area contributed by atoms with Gasteiger partial charge in [0.05, 0.1) is 6.54 Å². The third kappa shape index (κ3) is 5.86. The van der Waals surface area contributed by atoms with E-state index < -0.39 is 0 Å². The Kier molecular flexibility index (Phi) is 6.21. The molecule has 1 fully saturated rings. The van der Waals surface area contributed by atoms with Crippen LogP contribution in [0.1, 0.15) is 24.0 Å². The number of piperidine rings is 1. The third-order valence-corrected chi connectivity index (χ3v) is 4.05. The van der Waals surface area contributed by atoms with E-state index in [9.17, 15) is 4.79 Å². The summed E-state index contributed by atoms with van der Waals surface area (Å²) in [4.78, 5) is 14.1. The van der Waals surface area contributed by atoms with Crippen LogP contribution < -0.4 is 10.6 Å². The summed E-state index contributed by atoms with van der Waals surface area (Å²) < 4.78 is 0. The summed E-state index contributed by atoms with van der Waals surface area (Å²) in [5, 5.41) is 6.37. The summed E-state index contributed by atoms with van der Waals surface area (Å²) in [6, 6.07) is 8.28. The van der Waals surface area contributed by atoms with Gasteiger partial charge in [0.15, 0.2) is 0 Å². The van der Waals surface area contributed by atoms with Crippen molar-refractivity contribution in [3.8, 4) is 0 Å². The van der Waals surface area contributed by atoms with Gasteiger partial charge in [-0.25, -0.2) is 0 Å². The van der Waals surface area contributed by atoms with Gasteiger partial charge in [0.1, 0.15) is 0 Å². The van der Waals surface area contributed by atoms with Crippen LogP contribution in [0.3, 0.4) is 0 Å². The van der Waals surface area contributed by atoms with Crippen molar-refractivity contribution in [1.82, 2.24) is 15.5 Å². The highest BCUT2D eigenvalue weighted by Crippen LogP contribution is 2.12. The highest BCUT2D eigenvalue weighted by atomic mass is 16.2. The number of nitrogens with one attached hydrogen (secondary N) is 2. The van der Waals surface area contributed by atoms with Gasteiger partial charge in [-0.05, 0) is 51.4 Å². The number of hydrogen-bond donors (Lipinski definition) is 2. The van der Waals surface area contributed by atoms with E-state index >= 15 is 0 Å². The second kappa shape index (κ2) is 8.15. The Hall–Kier alpha value is -1.39. The van der Waals surface area contributed by atoms with Crippen LogP contribution in [0.15, 0.2) is 24.3 Å². The fourth-order valence-electron chi connectivity index (χ4n) is 2.78. The Balaban J connectivity index is 1.67. The van der Waals surface area contributed by atoms with Crippen molar-refractivity contribution in [3.63, 3.8) is 0 Å². The molecule has 1 aromatic carbocycles. The van der Waals surface area contributed by atoms with Crippen molar-refractivity contribution in [1.29, 1.82) is 0 Å². The number of likely N-dealkylation sites (N-methyl/N-ethyl adjacent to an activating group) is 1. The molecule has 0 radical (unpaired) electrons. The minimum Gasteiger partial charge on any atom is -0.351 e. The molecule has 1 heterocycles. The lowest BCUT2D eigenvalue weighted by molar-refractivity contribution is -0.122. The van der Waals surface area contributed by atoms with Gasteiger partial charge >= 0.3 is 0 Å². The molecule has 0 aromatic heterocycles. The molecule has 0 spiro atoms. The number of carbonyl (C=O) groups is 1. The molecule has 1 aliphatic heterocycles. The zero-order valence-electron chi connectivity index (χ0n) is 13.2. The molecule has 2 rings (SSSR count). The number of aryl methyl sites for hydroxylation is 1. The number of carbonyl (C=O) groups excluding carboxylic acids is 1. The topological polar surface area (TPSA) is 44.4 Å². The first-order valence-corrected chi connectivity index (χ1v) is 7.85. The van der Waals surface area contributed by atoms with Crippen molar-refractivity contribution in [3.05, 3.63) is 35.4 Å². The molecule has 1 aromatic rings. The fraction of sp³-hybridized carbons (Fsp3) is 0.588. The maximum absolute atomic E-state index is 12.0. The molecule has 1 aliphatic rings. The highest BCUT2D eigenvalue weighted by Gasteiger charge is 2.16. The van der Waals surface area contributed by atoms with Gasteiger partial charge in [0, 0.05) is 13.1 Å². The number of amides is 1. The maximum Gasteiger partial charge on any atom is 0.234 e. The average molecular weight is 289 g/mol. The normalized spacial score (nSPS) is 16.1. The molecule has 2 N–H and O–H groups in total. The second-order valence-electron chi connectivity index (χ2n) is 6.15. The van der Waals surface area contributed by atoms with E-state index in [1.165, 1.54) is 18.4 Å². The standard InChI is InChI=1S/C17H27N3O/c1-14-3-5-15(6-4-14)11-19-17(21)13-20(2)12-16-7-9-18-10-8-16/h3-6,16,18H,7-13H2,1-2H3,(H,19,21). The molecule has 0 saturated carbocycles.